The lowest BCUT2D eigenvalue weighted by Gasteiger charge is -2.09. The highest BCUT2D eigenvalue weighted by Crippen LogP contribution is 2.26. The number of alkyl halides is 1. The maximum Gasteiger partial charge on any atom is 0.127 e. The van der Waals surface area contributed by atoms with Crippen LogP contribution in [0.15, 0.2) is 29.1 Å². The molecule has 2 heterocycles. The van der Waals surface area contributed by atoms with Crippen LogP contribution in [0.2, 0.25) is 0 Å². The molecule has 4 nitrogen and oxygen atoms in total. The number of aryl methyl sites for hydroxylation is 2. The van der Waals surface area contributed by atoms with Crippen molar-refractivity contribution >= 4 is 34.0 Å². The summed E-state index contributed by atoms with van der Waals surface area (Å²) in [5.41, 5.74) is 5.15. The van der Waals surface area contributed by atoms with Gasteiger partial charge in [0.1, 0.15) is 17.4 Å². The number of rotatable bonds is 4. The number of aromatic nitrogens is 3. The molecule has 6 heteroatoms. The number of nitriles is 1. The monoisotopic (exact) mass is 316 g/mol. The van der Waals surface area contributed by atoms with E-state index in [9.17, 15) is 5.26 Å². The standard InChI is InChI=1S/C15H13ClN4S/c1-10(16)15-19-14-11(7-17)3-2-4-13(14)20(15)6-5-12-8-21-9-18-12/h2-4,8-10H,5-6H2,1H3. The summed E-state index contributed by atoms with van der Waals surface area (Å²) in [4.78, 5) is 8.88. The highest BCUT2D eigenvalue weighted by Gasteiger charge is 2.17. The first kappa shape index (κ1) is 14.1. The van der Waals surface area contributed by atoms with E-state index in [1.165, 1.54) is 0 Å². The Morgan fingerprint density at radius 3 is 3.00 bits per heavy atom. The Morgan fingerprint density at radius 1 is 1.48 bits per heavy atom. The zero-order valence-electron chi connectivity index (χ0n) is 11.5. The van der Waals surface area contributed by atoms with E-state index in [0.29, 0.717) is 5.56 Å². The molecule has 106 valence electrons. The summed E-state index contributed by atoms with van der Waals surface area (Å²) < 4.78 is 2.09. The van der Waals surface area contributed by atoms with Gasteiger partial charge in [-0.3, -0.25) is 0 Å². The average molecular weight is 317 g/mol. The van der Waals surface area contributed by atoms with Crippen LogP contribution in [0.1, 0.15) is 29.4 Å². The predicted molar refractivity (Wildman–Crippen MR) is 84.5 cm³/mol. The van der Waals surface area contributed by atoms with Gasteiger partial charge in [0.2, 0.25) is 0 Å². The molecule has 3 aromatic rings. The molecule has 0 amide bonds. The number of halogens is 1. The smallest absolute Gasteiger partial charge is 0.127 e. The number of hydrogen-bond donors (Lipinski definition) is 0. The fourth-order valence-electron chi connectivity index (χ4n) is 2.38. The molecule has 0 radical (unpaired) electrons. The molecule has 0 bridgehead atoms. The summed E-state index contributed by atoms with van der Waals surface area (Å²) in [6.07, 6.45) is 0.822. The fourth-order valence-corrected chi connectivity index (χ4v) is 3.14. The summed E-state index contributed by atoms with van der Waals surface area (Å²) in [7, 11) is 0. The fraction of sp³-hybridized carbons (Fsp3) is 0.267. The molecular formula is C15H13ClN4S. The normalized spacial score (nSPS) is 12.4. The van der Waals surface area contributed by atoms with Crippen LogP contribution in [0.3, 0.4) is 0 Å². The molecular weight excluding hydrogens is 304 g/mol. The van der Waals surface area contributed by atoms with E-state index in [0.717, 1.165) is 35.5 Å². The maximum absolute atomic E-state index is 9.21. The maximum atomic E-state index is 9.21. The van der Waals surface area contributed by atoms with Crippen molar-refractivity contribution in [2.45, 2.75) is 25.3 Å². The number of imidazole rings is 1. The van der Waals surface area contributed by atoms with Gasteiger partial charge in [-0.1, -0.05) is 6.07 Å². The van der Waals surface area contributed by atoms with Gasteiger partial charge in [0.15, 0.2) is 0 Å². The van der Waals surface area contributed by atoms with Gasteiger partial charge in [0.05, 0.1) is 27.7 Å². The molecule has 0 saturated carbocycles. The molecule has 0 aliphatic heterocycles. The first-order valence-corrected chi connectivity index (χ1v) is 7.99. The quantitative estimate of drug-likeness (QED) is 0.686. The topological polar surface area (TPSA) is 54.5 Å². The van der Waals surface area contributed by atoms with Gasteiger partial charge in [0, 0.05) is 18.3 Å². The Labute approximate surface area is 131 Å². The van der Waals surface area contributed by atoms with Crippen LogP contribution in [-0.4, -0.2) is 14.5 Å². The Morgan fingerprint density at radius 2 is 2.33 bits per heavy atom. The van der Waals surface area contributed by atoms with E-state index in [4.69, 9.17) is 11.6 Å². The van der Waals surface area contributed by atoms with Crippen molar-refractivity contribution in [3.05, 3.63) is 46.2 Å². The minimum absolute atomic E-state index is 0.209. The molecule has 0 N–H and O–H groups in total. The molecule has 0 fully saturated rings. The summed E-state index contributed by atoms with van der Waals surface area (Å²) in [6.45, 7) is 2.65. The first-order chi connectivity index (χ1) is 10.2. The second kappa shape index (κ2) is 5.84. The summed E-state index contributed by atoms with van der Waals surface area (Å²) in [5.74, 6) is 0.796. The van der Waals surface area contributed by atoms with Crippen molar-refractivity contribution in [1.29, 1.82) is 5.26 Å². The molecule has 3 rings (SSSR count). The lowest BCUT2D eigenvalue weighted by molar-refractivity contribution is 0.662. The first-order valence-electron chi connectivity index (χ1n) is 6.61. The van der Waals surface area contributed by atoms with E-state index in [1.807, 2.05) is 29.9 Å². The van der Waals surface area contributed by atoms with Crippen molar-refractivity contribution < 1.29 is 0 Å². The van der Waals surface area contributed by atoms with E-state index in [2.05, 4.69) is 20.6 Å². The average Bonchev–Trinajstić information content (AvgIpc) is 3.11. The van der Waals surface area contributed by atoms with Crippen LogP contribution in [0.4, 0.5) is 0 Å². The van der Waals surface area contributed by atoms with Gasteiger partial charge in [-0.05, 0) is 19.1 Å². The zero-order chi connectivity index (χ0) is 14.8. The van der Waals surface area contributed by atoms with Crippen molar-refractivity contribution in [3.63, 3.8) is 0 Å². The molecule has 1 unspecified atom stereocenters. The third kappa shape index (κ3) is 2.65. The van der Waals surface area contributed by atoms with Gasteiger partial charge < -0.3 is 4.57 Å². The van der Waals surface area contributed by atoms with Gasteiger partial charge in [0.25, 0.3) is 0 Å². The number of para-hydroxylation sites is 1. The number of benzene rings is 1. The van der Waals surface area contributed by atoms with Crippen LogP contribution in [0, 0.1) is 11.3 Å². The lowest BCUT2D eigenvalue weighted by Crippen LogP contribution is -2.07. The zero-order valence-corrected chi connectivity index (χ0v) is 13.0. The Hall–Kier alpha value is -1.90. The van der Waals surface area contributed by atoms with Crippen LogP contribution < -0.4 is 0 Å². The number of fused-ring (bicyclic) bond motifs is 1. The van der Waals surface area contributed by atoms with Gasteiger partial charge in [-0.2, -0.15) is 5.26 Å². The molecule has 21 heavy (non-hydrogen) atoms. The van der Waals surface area contributed by atoms with Crippen molar-refractivity contribution in [1.82, 2.24) is 14.5 Å². The Kier molecular flexibility index (Phi) is 3.91. The van der Waals surface area contributed by atoms with Gasteiger partial charge in [-0.25, -0.2) is 9.97 Å². The SMILES string of the molecule is CC(Cl)c1nc2c(C#N)cccc2n1CCc1cscn1. The summed E-state index contributed by atoms with van der Waals surface area (Å²) in [5, 5.41) is 11.0. The highest BCUT2D eigenvalue weighted by molar-refractivity contribution is 7.07. The number of thiazole rings is 1. The van der Waals surface area contributed by atoms with Crippen LogP contribution in [0.25, 0.3) is 11.0 Å². The Bertz CT molecular complexity index is 799. The van der Waals surface area contributed by atoms with Crippen LogP contribution >= 0.6 is 22.9 Å². The van der Waals surface area contributed by atoms with Gasteiger partial charge >= 0.3 is 0 Å². The lowest BCUT2D eigenvalue weighted by atomic mass is 10.2. The number of nitrogens with zero attached hydrogens (tertiary/aromatic N) is 4. The molecule has 0 saturated heterocycles. The van der Waals surface area contributed by atoms with Crippen molar-refractivity contribution in [2.24, 2.45) is 0 Å². The Balaban J connectivity index is 2.06. The molecule has 1 atom stereocenters. The van der Waals surface area contributed by atoms with Crippen molar-refractivity contribution in [2.75, 3.05) is 0 Å². The minimum atomic E-state index is -0.209. The predicted octanol–water partition coefficient (Wildman–Crippen LogP) is 3.91. The second-order valence-corrected chi connectivity index (χ2v) is 6.13. The van der Waals surface area contributed by atoms with Crippen molar-refractivity contribution in [3.8, 4) is 6.07 Å². The highest BCUT2D eigenvalue weighted by atomic mass is 35.5. The summed E-state index contributed by atoms with van der Waals surface area (Å²) in [6, 6.07) is 7.83. The summed E-state index contributed by atoms with van der Waals surface area (Å²) >= 11 is 7.85. The third-order valence-electron chi connectivity index (χ3n) is 3.36. The van der Waals surface area contributed by atoms with E-state index in [-0.39, 0.29) is 5.38 Å². The van der Waals surface area contributed by atoms with E-state index in [1.54, 1.807) is 17.4 Å². The molecule has 0 aliphatic rings. The third-order valence-corrected chi connectivity index (χ3v) is 4.19. The van der Waals surface area contributed by atoms with Crippen LogP contribution in [0.5, 0.6) is 0 Å². The second-order valence-electron chi connectivity index (χ2n) is 4.75. The molecule has 1 aromatic carbocycles. The van der Waals surface area contributed by atoms with E-state index < -0.39 is 0 Å². The van der Waals surface area contributed by atoms with Crippen LogP contribution in [-0.2, 0) is 13.0 Å². The number of hydrogen-bond acceptors (Lipinski definition) is 4. The molecule has 0 aliphatic carbocycles. The molecule has 0 spiro atoms. The minimum Gasteiger partial charge on any atom is -0.326 e. The molecule has 2 aromatic heterocycles. The largest absolute Gasteiger partial charge is 0.326 e. The van der Waals surface area contributed by atoms with Gasteiger partial charge in [-0.15, -0.1) is 22.9 Å². The van der Waals surface area contributed by atoms with E-state index >= 15 is 0 Å².